The van der Waals surface area contributed by atoms with Gasteiger partial charge in [-0.3, -0.25) is 0 Å². The molecule has 3 nitrogen and oxygen atoms in total. The third kappa shape index (κ3) is 2.31. The Balaban J connectivity index is 2.16. The molecule has 0 saturated heterocycles. The van der Waals surface area contributed by atoms with E-state index in [-0.39, 0.29) is 11.2 Å². The number of aryl methyl sites for hydroxylation is 1. The largest absolute Gasteiger partial charge is 0.321 e. The van der Waals surface area contributed by atoms with Crippen molar-refractivity contribution in [2.75, 3.05) is 0 Å². The van der Waals surface area contributed by atoms with E-state index in [9.17, 15) is 4.39 Å². The van der Waals surface area contributed by atoms with Gasteiger partial charge in [0.2, 0.25) is 0 Å². The van der Waals surface area contributed by atoms with Gasteiger partial charge in [-0.15, -0.1) is 22.9 Å². The maximum absolute atomic E-state index is 13.9. The van der Waals surface area contributed by atoms with Crippen LogP contribution in [0.4, 0.5) is 4.39 Å². The maximum atomic E-state index is 13.9. The Morgan fingerprint density at radius 2 is 2.20 bits per heavy atom. The monoisotopic (exact) mass is 309 g/mol. The van der Waals surface area contributed by atoms with Crippen LogP contribution in [0.25, 0.3) is 11.0 Å². The summed E-state index contributed by atoms with van der Waals surface area (Å²) in [5, 5.41) is 2.72. The summed E-state index contributed by atoms with van der Waals surface area (Å²) >= 11 is 7.78. The zero-order valence-corrected chi connectivity index (χ0v) is 12.7. The van der Waals surface area contributed by atoms with E-state index in [4.69, 9.17) is 11.6 Å². The summed E-state index contributed by atoms with van der Waals surface area (Å²) in [6.07, 6.45) is 0. The molecule has 0 N–H and O–H groups in total. The van der Waals surface area contributed by atoms with Crippen LogP contribution in [-0.2, 0) is 6.54 Å². The SMILES string of the molecule is Cc1nc(Cn2c(C(C)Cl)nc3c(F)cccc32)cs1. The molecule has 0 aliphatic carbocycles. The first kappa shape index (κ1) is 13.5. The predicted octanol–water partition coefficient (Wildman–Crippen LogP) is 4.29. The van der Waals surface area contributed by atoms with Crippen LogP contribution in [0.5, 0.6) is 0 Å². The first-order valence-electron chi connectivity index (χ1n) is 6.26. The summed E-state index contributed by atoms with van der Waals surface area (Å²) in [6.45, 7) is 4.35. The van der Waals surface area contributed by atoms with E-state index in [1.54, 1.807) is 17.4 Å². The second-order valence-electron chi connectivity index (χ2n) is 4.64. The summed E-state index contributed by atoms with van der Waals surface area (Å²) in [5.74, 6) is 0.340. The standard InChI is InChI=1S/C14H13ClFN3S/c1-8(15)14-18-13-11(16)4-3-5-12(13)19(14)6-10-7-20-9(2)17-10/h3-5,7-8H,6H2,1-2H3. The highest BCUT2D eigenvalue weighted by molar-refractivity contribution is 7.09. The van der Waals surface area contributed by atoms with Crippen LogP contribution < -0.4 is 0 Å². The lowest BCUT2D eigenvalue weighted by atomic mass is 10.3. The zero-order valence-electron chi connectivity index (χ0n) is 11.1. The highest BCUT2D eigenvalue weighted by atomic mass is 35.5. The van der Waals surface area contributed by atoms with Crippen LogP contribution in [0, 0.1) is 12.7 Å². The molecule has 1 aromatic carbocycles. The number of hydrogen-bond acceptors (Lipinski definition) is 3. The van der Waals surface area contributed by atoms with Gasteiger partial charge in [-0.25, -0.2) is 14.4 Å². The van der Waals surface area contributed by atoms with Gasteiger partial charge in [-0.05, 0) is 26.0 Å². The normalized spacial score (nSPS) is 13.0. The molecular formula is C14H13ClFN3S. The lowest BCUT2D eigenvalue weighted by Crippen LogP contribution is -2.06. The first-order valence-corrected chi connectivity index (χ1v) is 7.57. The lowest BCUT2D eigenvalue weighted by Gasteiger charge is -2.08. The maximum Gasteiger partial charge on any atom is 0.151 e. The Morgan fingerprint density at radius 1 is 1.40 bits per heavy atom. The third-order valence-corrected chi connectivity index (χ3v) is 4.12. The average molecular weight is 310 g/mol. The van der Waals surface area contributed by atoms with Crippen LogP contribution in [0.3, 0.4) is 0 Å². The number of fused-ring (bicyclic) bond motifs is 1. The minimum absolute atomic E-state index is 0.290. The predicted molar refractivity (Wildman–Crippen MR) is 79.9 cm³/mol. The molecule has 20 heavy (non-hydrogen) atoms. The fraction of sp³-hybridized carbons (Fsp3) is 0.286. The molecule has 0 amide bonds. The second kappa shape index (κ2) is 5.14. The lowest BCUT2D eigenvalue weighted by molar-refractivity contribution is 0.637. The average Bonchev–Trinajstić information content (AvgIpc) is 2.96. The summed E-state index contributed by atoms with van der Waals surface area (Å²) < 4.78 is 15.8. The van der Waals surface area contributed by atoms with Gasteiger partial charge in [0.25, 0.3) is 0 Å². The van der Waals surface area contributed by atoms with Gasteiger partial charge < -0.3 is 4.57 Å². The number of imidazole rings is 1. The fourth-order valence-electron chi connectivity index (χ4n) is 2.24. The van der Waals surface area contributed by atoms with Gasteiger partial charge in [-0.1, -0.05) is 6.07 Å². The number of aromatic nitrogens is 3. The molecule has 0 spiro atoms. The van der Waals surface area contributed by atoms with Gasteiger partial charge in [0.15, 0.2) is 5.82 Å². The van der Waals surface area contributed by atoms with Crippen molar-refractivity contribution in [1.29, 1.82) is 0 Å². The molecule has 3 aromatic rings. The number of benzene rings is 1. The molecule has 2 heterocycles. The van der Waals surface area contributed by atoms with Crippen molar-refractivity contribution in [2.45, 2.75) is 25.8 Å². The van der Waals surface area contributed by atoms with Crippen LogP contribution in [-0.4, -0.2) is 14.5 Å². The summed E-state index contributed by atoms with van der Waals surface area (Å²) in [6, 6.07) is 4.95. The molecule has 6 heteroatoms. The molecule has 104 valence electrons. The molecule has 0 aliphatic heterocycles. The van der Waals surface area contributed by atoms with Gasteiger partial charge in [0, 0.05) is 5.38 Å². The Bertz CT molecular complexity index is 763. The molecule has 0 bridgehead atoms. The Morgan fingerprint density at radius 3 is 2.85 bits per heavy atom. The van der Waals surface area contributed by atoms with E-state index >= 15 is 0 Å². The Labute approximate surface area is 125 Å². The zero-order chi connectivity index (χ0) is 14.3. The van der Waals surface area contributed by atoms with Gasteiger partial charge in [-0.2, -0.15) is 0 Å². The third-order valence-electron chi connectivity index (χ3n) is 3.10. The number of alkyl halides is 1. The molecule has 0 radical (unpaired) electrons. The van der Waals surface area contributed by atoms with Crippen molar-refractivity contribution in [1.82, 2.24) is 14.5 Å². The number of hydrogen-bond donors (Lipinski definition) is 0. The number of halogens is 2. The highest BCUT2D eigenvalue weighted by Crippen LogP contribution is 2.27. The van der Waals surface area contributed by atoms with Crippen molar-refractivity contribution in [3.05, 3.63) is 45.9 Å². The topological polar surface area (TPSA) is 30.7 Å². The molecule has 1 unspecified atom stereocenters. The minimum atomic E-state index is -0.325. The van der Waals surface area contributed by atoms with Gasteiger partial charge in [0.1, 0.15) is 11.3 Å². The minimum Gasteiger partial charge on any atom is -0.321 e. The van der Waals surface area contributed by atoms with Crippen molar-refractivity contribution < 1.29 is 4.39 Å². The van der Waals surface area contributed by atoms with E-state index < -0.39 is 0 Å². The number of para-hydroxylation sites is 1. The van der Waals surface area contributed by atoms with Crippen LogP contribution in [0.2, 0.25) is 0 Å². The Kier molecular flexibility index (Phi) is 3.48. The molecule has 3 rings (SSSR count). The molecule has 2 aromatic heterocycles. The van der Waals surface area contributed by atoms with Gasteiger partial charge in [0.05, 0.1) is 28.1 Å². The molecule has 0 fully saturated rings. The molecule has 0 aliphatic rings. The quantitative estimate of drug-likeness (QED) is 0.676. The number of nitrogens with zero attached hydrogens (tertiary/aromatic N) is 3. The summed E-state index contributed by atoms with van der Waals surface area (Å²) in [5.41, 5.74) is 2.05. The van der Waals surface area contributed by atoms with Crippen molar-refractivity contribution in [3.8, 4) is 0 Å². The van der Waals surface area contributed by atoms with Crippen molar-refractivity contribution >= 4 is 34.0 Å². The van der Waals surface area contributed by atoms with Crippen LogP contribution >= 0.6 is 22.9 Å². The van der Waals surface area contributed by atoms with E-state index in [0.717, 1.165) is 16.2 Å². The van der Waals surface area contributed by atoms with Crippen molar-refractivity contribution in [2.24, 2.45) is 0 Å². The van der Waals surface area contributed by atoms with Crippen LogP contribution in [0.1, 0.15) is 28.8 Å². The highest BCUT2D eigenvalue weighted by Gasteiger charge is 2.17. The summed E-state index contributed by atoms with van der Waals surface area (Å²) in [4.78, 5) is 8.79. The van der Waals surface area contributed by atoms with Crippen LogP contribution in [0.15, 0.2) is 23.6 Å². The number of thiazole rings is 1. The van der Waals surface area contributed by atoms with E-state index in [0.29, 0.717) is 17.9 Å². The molecular weight excluding hydrogens is 297 g/mol. The van der Waals surface area contributed by atoms with Gasteiger partial charge >= 0.3 is 0 Å². The molecule has 0 saturated carbocycles. The summed E-state index contributed by atoms with van der Waals surface area (Å²) in [7, 11) is 0. The van der Waals surface area contributed by atoms with E-state index in [2.05, 4.69) is 9.97 Å². The second-order valence-corrected chi connectivity index (χ2v) is 6.35. The first-order chi connectivity index (χ1) is 9.56. The Hall–Kier alpha value is -1.46. The van der Waals surface area contributed by atoms with E-state index in [1.165, 1.54) is 6.07 Å². The fourth-order valence-corrected chi connectivity index (χ4v) is 3.01. The van der Waals surface area contributed by atoms with E-state index in [1.807, 2.05) is 29.9 Å². The molecule has 1 atom stereocenters. The number of rotatable bonds is 3. The van der Waals surface area contributed by atoms with Crippen molar-refractivity contribution in [3.63, 3.8) is 0 Å². The smallest absolute Gasteiger partial charge is 0.151 e.